The summed E-state index contributed by atoms with van der Waals surface area (Å²) < 4.78 is 33.1. The quantitative estimate of drug-likeness (QED) is 0.877. The number of hydrogen-bond acceptors (Lipinski definition) is 5. The maximum Gasteiger partial charge on any atom is 0.247 e. The second kappa shape index (κ2) is 5.88. The molecular formula is C15H19N3O3S. The first-order valence-electron chi connectivity index (χ1n) is 7.40. The van der Waals surface area contributed by atoms with Crippen molar-refractivity contribution in [2.24, 2.45) is 0 Å². The van der Waals surface area contributed by atoms with Gasteiger partial charge in [-0.15, -0.1) is 0 Å². The topological polar surface area (TPSA) is 82.4 Å². The summed E-state index contributed by atoms with van der Waals surface area (Å²) in [4.78, 5) is 0.146. The summed E-state index contributed by atoms with van der Waals surface area (Å²) >= 11 is 0. The number of sulfonamides is 1. The fourth-order valence-electron chi connectivity index (χ4n) is 2.94. The van der Waals surface area contributed by atoms with Crippen LogP contribution in [0.1, 0.15) is 24.8 Å². The molecule has 3 rings (SSSR count). The minimum Gasteiger partial charge on any atom is -0.495 e. The molecule has 0 radical (unpaired) electrons. The predicted octanol–water partition coefficient (Wildman–Crippen LogP) is 1.08. The molecule has 0 bridgehead atoms. The molecule has 2 aliphatic rings. The first-order chi connectivity index (χ1) is 10.6. The van der Waals surface area contributed by atoms with Crippen LogP contribution >= 0.6 is 0 Å². The van der Waals surface area contributed by atoms with Crippen molar-refractivity contribution in [3.05, 3.63) is 23.8 Å². The van der Waals surface area contributed by atoms with Gasteiger partial charge in [0.1, 0.15) is 10.6 Å². The summed E-state index contributed by atoms with van der Waals surface area (Å²) in [6, 6.07) is 6.57. The molecule has 1 aliphatic heterocycles. The molecule has 1 unspecified atom stereocenters. The van der Waals surface area contributed by atoms with Crippen molar-refractivity contribution in [3.63, 3.8) is 0 Å². The zero-order valence-corrected chi connectivity index (χ0v) is 13.3. The predicted molar refractivity (Wildman–Crippen MR) is 81.0 cm³/mol. The van der Waals surface area contributed by atoms with Gasteiger partial charge in [0.2, 0.25) is 10.0 Å². The van der Waals surface area contributed by atoms with Crippen molar-refractivity contribution in [1.29, 1.82) is 5.26 Å². The minimum atomic E-state index is -3.63. The van der Waals surface area contributed by atoms with Gasteiger partial charge < -0.3 is 10.1 Å². The van der Waals surface area contributed by atoms with E-state index in [2.05, 4.69) is 5.32 Å². The highest BCUT2D eigenvalue weighted by Gasteiger charge is 2.44. The Morgan fingerprint density at radius 2 is 2.09 bits per heavy atom. The van der Waals surface area contributed by atoms with Crippen LogP contribution in [0.3, 0.4) is 0 Å². The molecule has 7 heteroatoms. The Morgan fingerprint density at radius 3 is 2.64 bits per heavy atom. The molecule has 1 aromatic carbocycles. The van der Waals surface area contributed by atoms with E-state index in [1.807, 2.05) is 6.07 Å². The van der Waals surface area contributed by atoms with Crippen LogP contribution in [0.2, 0.25) is 0 Å². The molecule has 1 saturated carbocycles. The van der Waals surface area contributed by atoms with Crippen LogP contribution in [0.15, 0.2) is 23.1 Å². The average Bonchev–Trinajstić information content (AvgIpc) is 3.20. The summed E-state index contributed by atoms with van der Waals surface area (Å²) in [5.74, 6) is 0.232. The zero-order chi connectivity index (χ0) is 15.7. The van der Waals surface area contributed by atoms with E-state index in [9.17, 15) is 8.42 Å². The number of nitriles is 1. The van der Waals surface area contributed by atoms with E-state index >= 15 is 0 Å². The third-order valence-corrected chi connectivity index (χ3v) is 6.19. The summed E-state index contributed by atoms with van der Waals surface area (Å²) in [6.45, 7) is 1.53. The third kappa shape index (κ3) is 2.70. The molecule has 0 amide bonds. The van der Waals surface area contributed by atoms with E-state index in [4.69, 9.17) is 10.00 Å². The van der Waals surface area contributed by atoms with Crippen LogP contribution in [-0.2, 0) is 10.0 Å². The smallest absolute Gasteiger partial charge is 0.247 e. The molecule has 6 nitrogen and oxygen atoms in total. The van der Waals surface area contributed by atoms with Gasteiger partial charge in [0.05, 0.1) is 18.7 Å². The van der Waals surface area contributed by atoms with Crippen molar-refractivity contribution in [2.45, 2.75) is 36.2 Å². The molecule has 1 heterocycles. The van der Waals surface area contributed by atoms with Gasteiger partial charge in [-0.25, -0.2) is 8.42 Å². The molecule has 1 atom stereocenters. The molecular weight excluding hydrogens is 302 g/mol. The van der Waals surface area contributed by atoms with Crippen LogP contribution in [0, 0.1) is 11.3 Å². The lowest BCUT2D eigenvalue weighted by Crippen LogP contribution is -2.43. The lowest BCUT2D eigenvalue weighted by Gasteiger charge is -2.28. The standard InChI is InChI=1S/C15H19N3O3S/c1-21-14-8-11(9-16)2-5-15(14)22(19,20)18(12-3-4-12)13-6-7-17-10-13/h2,5,8,12-13,17H,3-4,6-7,10H2,1H3. The van der Waals surface area contributed by atoms with Crippen molar-refractivity contribution >= 4 is 10.0 Å². The molecule has 2 fully saturated rings. The van der Waals surface area contributed by atoms with Crippen LogP contribution < -0.4 is 10.1 Å². The Hall–Kier alpha value is -1.62. The van der Waals surface area contributed by atoms with Crippen LogP contribution in [0.4, 0.5) is 0 Å². The third-order valence-electron chi connectivity index (χ3n) is 4.15. The Balaban J connectivity index is 2.02. The summed E-state index contributed by atoms with van der Waals surface area (Å²) in [5, 5.41) is 12.2. The number of ether oxygens (including phenoxy) is 1. The minimum absolute atomic E-state index is 0.00199. The van der Waals surface area contributed by atoms with Crippen LogP contribution in [0.25, 0.3) is 0 Å². The van der Waals surface area contributed by atoms with Gasteiger partial charge in [0.25, 0.3) is 0 Å². The lowest BCUT2D eigenvalue weighted by atomic mass is 10.2. The van der Waals surface area contributed by atoms with E-state index in [0.29, 0.717) is 12.1 Å². The second-order valence-corrected chi connectivity index (χ2v) is 7.50. The Morgan fingerprint density at radius 1 is 1.32 bits per heavy atom. The average molecular weight is 321 g/mol. The SMILES string of the molecule is COc1cc(C#N)ccc1S(=O)(=O)N(C1CC1)C1CCNC1. The lowest BCUT2D eigenvalue weighted by molar-refractivity contribution is 0.324. The monoisotopic (exact) mass is 321 g/mol. The number of rotatable bonds is 5. The first kappa shape index (κ1) is 15.3. The highest BCUT2D eigenvalue weighted by atomic mass is 32.2. The number of hydrogen-bond donors (Lipinski definition) is 1. The first-order valence-corrected chi connectivity index (χ1v) is 8.84. The van der Waals surface area contributed by atoms with E-state index in [1.54, 1.807) is 4.31 Å². The van der Waals surface area contributed by atoms with Gasteiger partial charge in [-0.1, -0.05) is 0 Å². The largest absolute Gasteiger partial charge is 0.495 e. The normalized spacial score (nSPS) is 21.8. The Bertz CT molecular complexity index is 701. The maximum absolute atomic E-state index is 13.1. The van der Waals surface area contributed by atoms with Gasteiger partial charge in [0.15, 0.2) is 0 Å². The van der Waals surface area contributed by atoms with E-state index in [-0.39, 0.29) is 22.7 Å². The fourth-order valence-corrected chi connectivity index (χ4v) is 4.98. The number of nitrogens with one attached hydrogen (secondary N) is 1. The number of nitrogens with zero attached hydrogens (tertiary/aromatic N) is 2. The molecule has 22 heavy (non-hydrogen) atoms. The highest BCUT2D eigenvalue weighted by Crippen LogP contribution is 2.38. The molecule has 1 aliphatic carbocycles. The van der Waals surface area contributed by atoms with Crippen LogP contribution in [-0.4, -0.2) is 45.0 Å². The highest BCUT2D eigenvalue weighted by molar-refractivity contribution is 7.89. The molecule has 1 N–H and O–H groups in total. The summed E-state index contributed by atoms with van der Waals surface area (Å²) in [6.07, 6.45) is 2.65. The molecule has 1 saturated heterocycles. The van der Waals surface area contributed by atoms with E-state index < -0.39 is 10.0 Å². The van der Waals surface area contributed by atoms with Crippen molar-refractivity contribution in [1.82, 2.24) is 9.62 Å². The van der Waals surface area contributed by atoms with Gasteiger partial charge in [-0.2, -0.15) is 9.57 Å². The molecule has 0 aromatic heterocycles. The van der Waals surface area contributed by atoms with Crippen molar-refractivity contribution in [3.8, 4) is 11.8 Å². The second-order valence-electron chi connectivity index (χ2n) is 5.69. The number of methoxy groups -OCH3 is 1. The van der Waals surface area contributed by atoms with Crippen molar-refractivity contribution in [2.75, 3.05) is 20.2 Å². The zero-order valence-electron chi connectivity index (χ0n) is 12.4. The van der Waals surface area contributed by atoms with Gasteiger partial charge >= 0.3 is 0 Å². The van der Waals surface area contributed by atoms with Gasteiger partial charge in [0, 0.05) is 18.6 Å². The summed E-state index contributed by atoms with van der Waals surface area (Å²) in [7, 11) is -2.21. The van der Waals surface area contributed by atoms with Crippen molar-refractivity contribution < 1.29 is 13.2 Å². The van der Waals surface area contributed by atoms with E-state index in [0.717, 1.165) is 25.8 Å². The fraction of sp³-hybridized carbons (Fsp3) is 0.533. The Labute approximate surface area is 130 Å². The Kier molecular flexibility index (Phi) is 4.08. The number of benzene rings is 1. The van der Waals surface area contributed by atoms with Crippen LogP contribution in [0.5, 0.6) is 5.75 Å². The molecule has 1 aromatic rings. The van der Waals surface area contributed by atoms with Gasteiger partial charge in [-0.3, -0.25) is 0 Å². The van der Waals surface area contributed by atoms with Gasteiger partial charge in [-0.05, 0) is 44.0 Å². The molecule has 118 valence electrons. The molecule has 0 spiro atoms. The maximum atomic E-state index is 13.1. The van der Waals surface area contributed by atoms with E-state index in [1.165, 1.54) is 25.3 Å². The summed E-state index contributed by atoms with van der Waals surface area (Å²) in [5.41, 5.74) is 0.385.